The second kappa shape index (κ2) is 9.57. The Morgan fingerprint density at radius 2 is 1.60 bits per heavy atom. The third kappa shape index (κ3) is 5.79. The van der Waals surface area contributed by atoms with Gasteiger partial charge in [-0.25, -0.2) is 4.98 Å². The van der Waals surface area contributed by atoms with Crippen molar-refractivity contribution < 1.29 is 18.0 Å². The van der Waals surface area contributed by atoms with Gasteiger partial charge in [-0.1, -0.05) is 31.2 Å². The van der Waals surface area contributed by atoms with Gasteiger partial charge in [-0.15, -0.1) is 0 Å². The maximum Gasteiger partial charge on any atom is 0.433 e. The first-order valence-corrected chi connectivity index (χ1v) is 10.1. The molecule has 1 fully saturated rings. The highest BCUT2D eigenvalue weighted by molar-refractivity contribution is 5.95. The molecule has 8 heteroatoms. The molecule has 2 heterocycles. The lowest BCUT2D eigenvalue weighted by Gasteiger charge is -2.34. The Morgan fingerprint density at radius 3 is 2.17 bits per heavy atom. The summed E-state index contributed by atoms with van der Waals surface area (Å²) in [6.07, 6.45) is -4.52. The van der Waals surface area contributed by atoms with Crippen LogP contribution in [0.3, 0.4) is 0 Å². The summed E-state index contributed by atoms with van der Waals surface area (Å²) in [4.78, 5) is 20.7. The number of nitrogens with one attached hydrogen (secondary N) is 1. The SMILES string of the molecule is CCN1CCN(Cc2ccc(CNC(=O)c3ccc(C(F)(F)F)nc3C)cc2)CC1. The molecule has 3 rings (SSSR count). The summed E-state index contributed by atoms with van der Waals surface area (Å²) in [6, 6.07) is 10.0. The summed E-state index contributed by atoms with van der Waals surface area (Å²) in [5.74, 6) is -0.438. The van der Waals surface area contributed by atoms with Crippen LogP contribution in [0.15, 0.2) is 36.4 Å². The summed E-state index contributed by atoms with van der Waals surface area (Å²) in [5, 5.41) is 2.75. The number of benzene rings is 1. The molecule has 0 unspecified atom stereocenters. The van der Waals surface area contributed by atoms with Crippen molar-refractivity contribution in [3.05, 3.63) is 64.5 Å². The largest absolute Gasteiger partial charge is 0.433 e. The molecule has 1 aliphatic heterocycles. The lowest BCUT2D eigenvalue weighted by molar-refractivity contribution is -0.141. The molecule has 1 saturated heterocycles. The Balaban J connectivity index is 1.52. The van der Waals surface area contributed by atoms with Crippen LogP contribution in [0.4, 0.5) is 13.2 Å². The molecule has 1 amide bonds. The van der Waals surface area contributed by atoms with Crippen molar-refractivity contribution in [2.45, 2.75) is 33.1 Å². The molecule has 0 spiro atoms. The van der Waals surface area contributed by atoms with Crippen molar-refractivity contribution in [3.8, 4) is 0 Å². The molecule has 162 valence electrons. The predicted molar refractivity (Wildman–Crippen MR) is 109 cm³/mol. The molecule has 2 aromatic rings. The van der Waals surface area contributed by atoms with E-state index in [4.69, 9.17) is 0 Å². The van der Waals surface area contributed by atoms with Crippen LogP contribution in [0.1, 0.15) is 39.8 Å². The van der Waals surface area contributed by atoms with Crippen molar-refractivity contribution in [3.63, 3.8) is 0 Å². The predicted octanol–water partition coefficient (Wildman–Crippen LogP) is 3.48. The third-order valence-electron chi connectivity index (χ3n) is 5.42. The van der Waals surface area contributed by atoms with Gasteiger partial charge >= 0.3 is 6.18 Å². The molecule has 1 N–H and O–H groups in total. The van der Waals surface area contributed by atoms with Crippen LogP contribution in [0.5, 0.6) is 0 Å². The standard InChI is InChI=1S/C22H27F3N4O/c1-3-28-10-12-29(13-11-28)15-18-6-4-17(5-7-18)14-26-21(30)19-8-9-20(22(23,24)25)27-16(19)2/h4-9H,3,10-15H2,1-2H3,(H,26,30). The Labute approximate surface area is 174 Å². The number of nitrogens with zero attached hydrogens (tertiary/aromatic N) is 3. The number of amides is 1. The molecular weight excluding hydrogens is 393 g/mol. The highest BCUT2D eigenvalue weighted by Gasteiger charge is 2.33. The number of hydrogen-bond acceptors (Lipinski definition) is 4. The summed E-state index contributed by atoms with van der Waals surface area (Å²) in [7, 11) is 0. The van der Waals surface area contributed by atoms with E-state index >= 15 is 0 Å². The van der Waals surface area contributed by atoms with Gasteiger partial charge in [-0.2, -0.15) is 13.2 Å². The Bertz CT molecular complexity index is 860. The minimum Gasteiger partial charge on any atom is -0.348 e. The van der Waals surface area contributed by atoms with Crippen molar-refractivity contribution >= 4 is 5.91 Å². The topological polar surface area (TPSA) is 48.5 Å². The fourth-order valence-electron chi connectivity index (χ4n) is 3.52. The van der Waals surface area contributed by atoms with Gasteiger partial charge in [0.1, 0.15) is 5.69 Å². The first-order valence-electron chi connectivity index (χ1n) is 10.1. The van der Waals surface area contributed by atoms with Crippen molar-refractivity contribution in [2.24, 2.45) is 0 Å². The van der Waals surface area contributed by atoms with Crippen molar-refractivity contribution in [2.75, 3.05) is 32.7 Å². The molecule has 0 radical (unpaired) electrons. The number of rotatable bonds is 6. The number of hydrogen-bond donors (Lipinski definition) is 1. The molecule has 0 atom stereocenters. The van der Waals surface area contributed by atoms with Crippen LogP contribution in [-0.4, -0.2) is 53.4 Å². The zero-order chi connectivity index (χ0) is 21.7. The summed E-state index contributed by atoms with van der Waals surface area (Å²) in [6.45, 7) is 10.2. The lowest BCUT2D eigenvalue weighted by Crippen LogP contribution is -2.45. The first kappa shape index (κ1) is 22.2. The lowest BCUT2D eigenvalue weighted by atomic mass is 10.1. The van der Waals surface area contributed by atoms with Gasteiger partial charge < -0.3 is 10.2 Å². The minimum atomic E-state index is -4.52. The van der Waals surface area contributed by atoms with Gasteiger partial charge in [-0.05, 0) is 36.7 Å². The smallest absolute Gasteiger partial charge is 0.348 e. The van der Waals surface area contributed by atoms with Crippen LogP contribution in [-0.2, 0) is 19.3 Å². The quantitative estimate of drug-likeness (QED) is 0.778. The van der Waals surface area contributed by atoms with E-state index in [-0.39, 0.29) is 11.3 Å². The average molecular weight is 420 g/mol. The zero-order valence-corrected chi connectivity index (χ0v) is 17.3. The maximum absolute atomic E-state index is 12.7. The molecule has 0 saturated carbocycles. The van der Waals surface area contributed by atoms with E-state index in [1.54, 1.807) is 0 Å². The highest BCUT2D eigenvalue weighted by Crippen LogP contribution is 2.28. The second-order valence-corrected chi connectivity index (χ2v) is 7.54. The molecule has 5 nitrogen and oxygen atoms in total. The molecular formula is C22H27F3N4O. The number of halogens is 3. The van der Waals surface area contributed by atoms with Crippen LogP contribution in [0.2, 0.25) is 0 Å². The summed E-state index contributed by atoms with van der Waals surface area (Å²) >= 11 is 0. The van der Waals surface area contributed by atoms with E-state index in [0.717, 1.165) is 50.9 Å². The van der Waals surface area contributed by atoms with E-state index in [9.17, 15) is 18.0 Å². The van der Waals surface area contributed by atoms with E-state index < -0.39 is 17.8 Å². The van der Waals surface area contributed by atoms with Crippen LogP contribution >= 0.6 is 0 Å². The molecule has 0 bridgehead atoms. The van der Waals surface area contributed by atoms with Gasteiger partial charge in [0, 0.05) is 39.3 Å². The van der Waals surface area contributed by atoms with E-state index in [1.165, 1.54) is 18.6 Å². The van der Waals surface area contributed by atoms with Gasteiger partial charge in [0.05, 0.1) is 11.3 Å². The van der Waals surface area contributed by atoms with Crippen LogP contribution in [0.25, 0.3) is 0 Å². The molecule has 30 heavy (non-hydrogen) atoms. The third-order valence-corrected chi connectivity index (χ3v) is 5.42. The summed E-state index contributed by atoms with van der Waals surface area (Å²) in [5.41, 5.74) is 1.35. The number of likely N-dealkylation sites (N-methyl/N-ethyl adjacent to an activating group) is 1. The number of carbonyl (C=O) groups is 1. The van der Waals surface area contributed by atoms with Crippen LogP contribution in [0, 0.1) is 6.92 Å². The zero-order valence-electron chi connectivity index (χ0n) is 17.3. The number of aromatic nitrogens is 1. The van der Waals surface area contributed by atoms with E-state index in [2.05, 4.69) is 39.2 Å². The molecule has 1 aromatic heterocycles. The number of aryl methyl sites for hydroxylation is 1. The fraction of sp³-hybridized carbons (Fsp3) is 0.455. The van der Waals surface area contributed by atoms with E-state index in [1.807, 2.05) is 12.1 Å². The molecule has 0 aliphatic carbocycles. The summed E-state index contributed by atoms with van der Waals surface area (Å²) < 4.78 is 38.1. The van der Waals surface area contributed by atoms with Crippen LogP contribution < -0.4 is 5.32 Å². The van der Waals surface area contributed by atoms with Crippen molar-refractivity contribution in [1.29, 1.82) is 0 Å². The average Bonchev–Trinajstić information content (AvgIpc) is 2.73. The minimum absolute atomic E-state index is 0.0563. The number of piperazine rings is 1. The second-order valence-electron chi connectivity index (χ2n) is 7.54. The Kier molecular flexibility index (Phi) is 7.10. The van der Waals surface area contributed by atoms with Gasteiger partial charge in [0.25, 0.3) is 5.91 Å². The monoisotopic (exact) mass is 420 g/mol. The molecule has 1 aromatic carbocycles. The normalized spacial score (nSPS) is 15.9. The Morgan fingerprint density at radius 1 is 1.00 bits per heavy atom. The fourth-order valence-corrected chi connectivity index (χ4v) is 3.52. The van der Waals surface area contributed by atoms with Gasteiger partial charge in [-0.3, -0.25) is 9.69 Å². The number of carbonyl (C=O) groups excluding carboxylic acids is 1. The van der Waals surface area contributed by atoms with Gasteiger partial charge in [0.15, 0.2) is 0 Å². The van der Waals surface area contributed by atoms with E-state index in [0.29, 0.717) is 6.54 Å². The van der Waals surface area contributed by atoms with Crippen molar-refractivity contribution in [1.82, 2.24) is 20.1 Å². The Hall–Kier alpha value is -2.45. The number of pyridine rings is 1. The number of alkyl halides is 3. The highest BCUT2D eigenvalue weighted by atomic mass is 19.4. The molecule has 1 aliphatic rings. The van der Waals surface area contributed by atoms with Gasteiger partial charge in [0.2, 0.25) is 0 Å². The maximum atomic E-state index is 12.7. The first-order chi connectivity index (χ1) is 14.3.